The second kappa shape index (κ2) is 14.8. The molecule has 1 N–H and O–H groups in total. The Morgan fingerprint density at radius 3 is 1.52 bits per heavy atom. The number of hydrogen-bond donors (Lipinski definition) is 1. The lowest BCUT2D eigenvalue weighted by molar-refractivity contribution is 0.398. The Kier molecular flexibility index (Phi) is 11.0. The molecular formula is C27H36N4O2. The van der Waals surface area contributed by atoms with Crippen LogP contribution in [0.1, 0.15) is 71.1 Å². The fourth-order valence-electron chi connectivity index (χ4n) is 3.51. The van der Waals surface area contributed by atoms with E-state index in [9.17, 15) is 0 Å². The van der Waals surface area contributed by atoms with Gasteiger partial charge in [-0.1, -0.05) is 101 Å². The van der Waals surface area contributed by atoms with Gasteiger partial charge >= 0.3 is 12.0 Å². The van der Waals surface area contributed by atoms with Gasteiger partial charge < -0.3 is 14.8 Å². The maximum atomic E-state index is 5.82. The Morgan fingerprint density at radius 2 is 1.03 bits per heavy atom. The van der Waals surface area contributed by atoms with Gasteiger partial charge in [0.25, 0.3) is 0 Å². The van der Waals surface area contributed by atoms with Crippen molar-refractivity contribution >= 4 is 5.95 Å². The van der Waals surface area contributed by atoms with Crippen LogP contribution >= 0.6 is 0 Å². The predicted octanol–water partition coefficient (Wildman–Crippen LogP) is 7.79. The molecule has 3 aromatic rings. The van der Waals surface area contributed by atoms with Gasteiger partial charge in [0.05, 0.1) is 0 Å². The van der Waals surface area contributed by atoms with Gasteiger partial charge in [-0.05, 0) is 30.7 Å². The molecule has 33 heavy (non-hydrogen) atoms. The Labute approximate surface area is 197 Å². The zero-order valence-corrected chi connectivity index (χ0v) is 19.7. The van der Waals surface area contributed by atoms with E-state index in [1.165, 1.54) is 57.8 Å². The quantitative estimate of drug-likeness (QED) is 0.226. The van der Waals surface area contributed by atoms with Gasteiger partial charge in [-0.15, -0.1) is 4.98 Å². The first-order valence-corrected chi connectivity index (χ1v) is 12.3. The van der Waals surface area contributed by atoms with Crippen LogP contribution in [0.15, 0.2) is 60.7 Å². The van der Waals surface area contributed by atoms with Crippen molar-refractivity contribution in [1.82, 2.24) is 15.0 Å². The van der Waals surface area contributed by atoms with Crippen LogP contribution in [-0.4, -0.2) is 21.5 Å². The molecule has 0 unspecified atom stereocenters. The van der Waals surface area contributed by atoms with Crippen molar-refractivity contribution in [2.45, 2.75) is 71.1 Å². The number of nitrogens with zero attached hydrogens (tertiary/aromatic N) is 3. The first kappa shape index (κ1) is 24.5. The van der Waals surface area contributed by atoms with Crippen LogP contribution in [0.4, 0.5) is 5.95 Å². The van der Waals surface area contributed by atoms with Crippen molar-refractivity contribution in [3.05, 3.63) is 60.7 Å². The zero-order valence-electron chi connectivity index (χ0n) is 19.7. The Hall–Kier alpha value is -3.15. The largest absolute Gasteiger partial charge is 0.424 e. The summed E-state index contributed by atoms with van der Waals surface area (Å²) < 4.78 is 11.6. The molecule has 0 aliphatic rings. The van der Waals surface area contributed by atoms with Crippen LogP contribution in [0.5, 0.6) is 23.5 Å². The van der Waals surface area contributed by atoms with E-state index in [-0.39, 0.29) is 12.0 Å². The molecule has 1 heterocycles. The van der Waals surface area contributed by atoms with Crippen molar-refractivity contribution in [2.75, 3.05) is 11.9 Å². The van der Waals surface area contributed by atoms with Crippen LogP contribution < -0.4 is 14.8 Å². The molecule has 2 aromatic carbocycles. The van der Waals surface area contributed by atoms with E-state index in [0.29, 0.717) is 17.4 Å². The lowest BCUT2D eigenvalue weighted by Gasteiger charge is -2.10. The number of unbranched alkanes of at least 4 members (excludes halogenated alkanes) is 9. The summed E-state index contributed by atoms with van der Waals surface area (Å²) in [6.45, 7) is 3.06. The van der Waals surface area contributed by atoms with Crippen molar-refractivity contribution in [1.29, 1.82) is 0 Å². The molecular weight excluding hydrogens is 412 g/mol. The van der Waals surface area contributed by atoms with Crippen molar-refractivity contribution in [3.8, 4) is 23.5 Å². The molecule has 6 heteroatoms. The van der Waals surface area contributed by atoms with Crippen LogP contribution in [0.2, 0.25) is 0 Å². The van der Waals surface area contributed by atoms with Gasteiger partial charge in [0, 0.05) is 6.54 Å². The van der Waals surface area contributed by atoms with Gasteiger partial charge in [0.1, 0.15) is 11.5 Å². The number of rotatable bonds is 16. The number of ether oxygens (including phenoxy) is 2. The van der Waals surface area contributed by atoms with Crippen molar-refractivity contribution in [2.24, 2.45) is 0 Å². The highest BCUT2D eigenvalue weighted by atomic mass is 16.5. The molecule has 0 atom stereocenters. The van der Waals surface area contributed by atoms with E-state index >= 15 is 0 Å². The summed E-state index contributed by atoms with van der Waals surface area (Å²) in [5.41, 5.74) is 0. The zero-order chi connectivity index (χ0) is 23.0. The molecule has 0 bridgehead atoms. The summed E-state index contributed by atoms with van der Waals surface area (Å²) >= 11 is 0. The topological polar surface area (TPSA) is 69.2 Å². The molecule has 0 radical (unpaired) electrons. The van der Waals surface area contributed by atoms with E-state index in [0.717, 1.165) is 13.0 Å². The summed E-state index contributed by atoms with van der Waals surface area (Å²) in [6, 6.07) is 19.3. The first-order valence-electron chi connectivity index (χ1n) is 12.3. The van der Waals surface area contributed by atoms with Crippen LogP contribution in [0.25, 0.3) is 0 Å². The maximum Gasteiger partial charge on any atom is 0.330 e. The minimum Gasteiger partial charge on any atom is -0.424 e. The third kappa shape index (κ3) is 9.89. The second-order valence-electron chi connectivity index (χ2n) is 8.16. The Morgan fingerprint density at radius 1 is 0.576 bits per heavy atom. The highest BCUT2D eigenvalue weighted by Crippen LogP contribution is 2.23. The Balaban J connectivity index is 1.48. The minimum absolute atomic E-state index is 0.202. The van der Waals surface area contributed by atoms with Gasteiger partial charge in [0.15, 0.2) is 0 Å². The summed E-state index contributed by atoms with van der Waals surface area (Å²) in [7, 11) is 0. The smallest absolute Gasteiger partial charge is 0.330 e. The van der Waals surface area contributed by atoms with Crippen LogP contribution in [-0.2, 0) is 0 Å². The number of para-hydroxylation sites is 2. The fourth-order valence-corrected chi connectivity index (χ4v) is 3.51. The average Bonchev–Trinajstić information content (AvgIpc) is 2.84. The van der Waals surface area contributed by atoms with E-state index in [2.05, 4.69) is 27.2 Å². The summed E-state index contributed by atoms with van der Waals surface area (Å²) in [5, 5.41) is 3.30. The van der Waals surface area contributed by atoms with Crippen LogP contribution in [0.3, 0.4) is 0 Å². The molecule has 1 aromatic heterocycles. The molecule has 0 aliphatic carbocycles. The molecule has 0 aliphatic heterocycles. The highest BCUT2D eigenvalue weighted by Gasteiger charge is 2.10. The van der Waals surface area contributed by atoms with Crippen molar-refractivity contribution < 1.29 is 9.47 Å². The number of aromatic nitrogens is 3. The summed E-state index contributed by atoms with van der Waals surface area (Å²) in [5.74, 6) is 1.78. The van der Waals surface area contributed by atoms with Gasteiger partial charge in [-0.3, -0.25) is 0 Å². The van der Waals surface area contributed by atoms with Gasteiger partial charge in [-0.25, -0.2) is 0 Å². The molecule has 0 fully saturated rings. The molecule has 0 amide bonds. The molecule has 0 saturated carbocycles. The molecule has 0 saturated heterocycles. The molecule has 176 valence electrons. The van der Waals surface area contributed by atoms with E-state index in [1.54, 1.807) is 0 Å². The molecule has 0 spiro atoms. The van der Waals surface area contributed by atoms with E-state index in [4.69, 9.17) is 9.47 Å². The first-order chi connectivity index (χ1) is 16.3. The van der Waals surface area contributed by atoms with Crippen LogP contribution in [0, 0.1) is 0 Å². The standard InChI is InChI=1S/C27H36N4O2/c1-2-3-4-5-6-7-8-9-10-17-22-28-25-29-26(32-23-18-13-11-14-19-23)31-27(30-25)33-24-20-15-12-16-21-24/h11-16,18-21H,2-10,17,22H2,1H3,(H,28,29,30,31). The Bertz CT molecular complexity index is 847. The van der Waals surface area contributed by atoms with Crippen molar-refractivity contribution in [3.63, 3.8) is 0 Å². The molecule has 3 rings (SSSR count). The monoisotopic (exact) mass is 448 g/mol. The number of benzene rings is 2. The SMILES string of the molecule is CCCCCCCCCCCCNc1nc(Oc2ccccc2)nc(Oc2ccccc2)n1. The predicted molar refractivity (Wildman–Crippen MR) is 133 cm³/mol. The average molecular weight is 449 g/mol. The normalized spacial score (nSPS) is 10.7. The summed E-state index contributed by atoms with van der Waals surface area (Å²) in [4.78, 5) is 13.2. The summed E-state index contributed by atoms with van der Waals surface area (Å²) in [6.07, 6.45) is 13.1. The third-order valence-corrected chi connectivity index (χ3v) is 5.31. The third-order valence-electron chi connectivity index (χ3n) is 5.31. The second-order valence-corrected chi connectivity index (χ2v) is 8.16. The van der Waals surface area contributed by atoms with E-state index in [1.807, 2.05) is 60.7 Å². The number of nitrogens with one attached hydrogen (secondary N) is 1. The van der Waals surface area contributed by atoms with Gasteiger partial charge in [0.2, 0.25) is 5.95 Å². The van der Waals surface area contributed by atoms with E-state index < -0.39 is 0 Å². The maximum absolute atomic E-state index is 5.82. The molecule has 6 nitrogen and oxygen atoms in total. The fraction of sp³-hybridized carbons (Fsp3) is 0.444. The number of hydrogen-bond acceptors (Lipinski definition) is 6. The highest BCUT2D eigenvalue weighted by molar-refractivity contribution is 5.32. The lowest BCUT2D eigenvalue weighted by Crippen LogP contribution is -2.08. The van der Waals surface area contributed by atoms with Gasteiger partial charge in [-0.2, -0.15) is 9.97 Å². The lowest BCUT2D eigenvalue weighted by atomic mass is 10.1. The minimum atomic E-state index is 0.202. The number of anilines is 1.